The molecule has 0 aliphatic carbocycles. The van der Waals surface area contributed by atoms with Crippen molar-refractivity contribution in [3.8, 4) is 5.75 Å². The van der Waals surface area contributed by atoms with Crippen molar-refractivity contribution in [1.82, 2.24) is 4.90 Å². The summed E-state index contributed by atoms with van der Waals surface area (Å²) in [6.45, 7) is 1.79. The first-order chi connectivity index (χ1) is 11.1. The van der Waals surface area contributed by atoms with Crippen molar-refractivity contribution in [2.45, 2.75) is 18.4 Å². The third kappa shape index (κ3) is 3.68. The topological polar surface area (TPSA) is 55.6 Å². The Labute approximate surface area is 135 Å². The lowest BCUT2D eigenvalue weighted by molar-refractivity contribution is -0.384. The van der Waals surface area contributed by atoms with Gasteiger partial charge in [0.25, 0.3) is 5.69 Å². The molecule has 120 valence electrons. The van der Waals surface area contributed by atoms with Crippen molar-refractivity contribution in [3.05, 3.63) is 70.3 Å². The number of rotatable bonds is 4. The number of piperidine rings is 1. The Morgan fingerprint density at radius 3 is 2.70 bits per heavy atom. The highest BCUT2D eigenvalue weighted by atomic mass is 16.6. The van der Waals surface area contributed by atoms with E-state index in [1.54, 1.807) is 12.1 Å². The summed E-state index contributed by atoms with van der Waals surface area (Å²) in [5.41, 5.74) is 1.10. The Morgan fingerprint density at radius 2 is 1.96 bits per heavy atom. The van der Waals surface area contributed by atoms with E-state index >= 15 is 0 Å². The minimum atomic E-state index is -0.344. The minimum absolute atomic E-state index is 0.0237. The quantitative estimate of drug-likeness (QED) is 0.641. The summed E-state index contributed by atoms with van der Waals surface area (Å²) < 4.78 is 6.17. The Bertz CT molecular complexity index is 675. The van der Waals surface area contributed by atoms with E-state index in [9.17, 15) is 10.1 Å². The highest BCUT2D eigenvalue weighted by Gasteiger charge is 2.31. The third-order valence-corrected chi connectivity index (χ3v) is 4.29. The average Bonchev–Trinajstić information content (AvgIpc) is 2.57. The number of hydrogen-bond donors (Lipinski definition) is 0. The molecule has 0 saturated carbocycles. The van der Waals surface area contributed by atoms with Crippen molar-refractivity contribution < 1.29 is 9.66 Å². The first-order valence-corrected chi connectivity index (χ1v) is 7.78. The van der Waals surface area contributed by atoms with Crippen molar-refractivity contribution >= 4 is 5.69 Å². The summed E-state index contributed by atoms with van der Waals surface area (Å²) in [6.07, 6.45) is 0.925. The maximum Gasteiger partial charge on any atom is 0.269 e. The first kappa shape index (κ1) is 15.5. The fourth-order valence-electron chi connectivity index (χ4n) is 3.10. The number of ether oxygens (including phenoxy) is 1. The monoisotopic (exact) mass is 312 g/mol. The maximum atomic E-state index is 11.0. The third-order valence-electron chi connectivity index (χ3n) is 4.29. The summed E-state index contributed by atoms with van der Waals surface area (Å²) in [5.74, 6) is 0.964. The van der Waals surface area contributed by atoms with E-state index in [1.165, 1.54) is 6.07 Å². The number of likely N-dealkylation sites (tertiary alicyclic amines) is 1. The molecule has 5 nitrogen and oxygen atoms in total. The first-order valence-electron chi connectivity index (χ1n) is 7.78. The SMILES string of the molecule is CN1CC[C@H](Oc2ccccc2)[C@H](c2cccc([N+](=O)[O-])c2)C1. The highest BCUT2D eigenvalue weighted by molar-refractivity contribution is 5.37. The second-order valence-electron chi connectivity index (χ2n) is 5.98. The molecule has 1 saturated heterocycles. The zero-order valence-corrected chi connectivity index (χ0v) is 13.1. The molecule has 2 aromatic rings. The number of benzene rings is 2. The van der Waals surface area contributed by atoms with Gasteiger partial charge in [0, 0.05) is 31.1 Å². The second kappa shape index (κ2) is 6.79. The molecule has 1 fully saturated rings. The lowest BCUT2D eigenvalue weighted by Crippen LogP contribution is -2.42. The Balaban J connectivity index is 1.86. The Kier molecular flexibility index (Phi) is 4.57. The number of para-hydroxylation sites is 1. The number of likely N-dealkylation sites (N-methyl/N-ethyl adjacent to an activating group) is 1. The van der Waals surface area contributed by atoms with Crippen LogP contribution in [0.25, 0.3) is 0 Å². The van der Waals surface area contributed by atoms with Gasteiger partial charge in [-0.25, -0.2) is 0 Å². The van der Waals surface area contributed by atoms with Gasteiger partial charge in [-0.05, 0) is 31.2 Å². The van der Waals surface area contributed by atoms with Gasteiger partial charge in [-0.15, -0.1) is 0 Å². The van der Waals surface area contributed by atoms with Crippen LogP contribution in [0.2, 0.25) is 0 Å². The van der Waals surface area contributed by atoms with E-state index in [1.807, 2.05) is 36.4 Å². The number of nitro benzene ring substituents is 1. The summed E-state index contributed by atoms with van der Waals surface area (Å²) in [6, 6.07) is 16.7. The smallest absolute Gasteiger partial charge is 0.269 e. The number of non-ortho nitro benzene ring substituents is 1. The largest absolute Gasteiger partial charge is 0.490 e. The standard InChI is InChI=1S/C18H20N2O3/c1-19-11-10-18(23-16-8-3-2-4-9-16)17(13-19)14-6-5-7-15(12-14)20(21)22/h2-9,12,17-18H,10-11,13H2,1H3/t17-,18-/m0/s1. The lowest BCUT2D eigenvalue weighted by Gasteiger charge is -2.37. The van der Waals surface area contributed by atoms with E-state index in [2.05, 4.69) is 11.9 Å². The molecule has 2 aromatic carbocycles. The fraction of sp³-hybridized carbons (Fsp3) is 0.333. The predicted molar refractivity (Wildman–Crippen MR) is 88.8 cm³/mol. The van der Waals surface area contributed by atoms with Crippen LogP contribution >= 0.6 is 0 Å². The lowest BCUT2D eigenvalue weighted by atomic mass is 9.87. The molecule has 3 rings (SSSR count). The van der Waals surface area contributed by atoms with Crippen LogP contribution in [0, 0.1) is 10.1 Å². The predicted octanol–water partition coefficient (Wildman–Crippen LogP) is 3.46. The Hall–Kier alpha value is -2.40. The van der Waals surface area contributed by atoms with E-state index in [4.69, 9.17) is 4.74 Å². The van der Waals surface area contributed by atoms with Crippen molar-refractivity contribution in [3.63, 3.8) is 0 Å². The van der Waals surface area contributed by atoms with Gasteiger partial charge >= 0.3 is 0 Å². The molecule has 0 aromatic heterocycles. The van der Waals surface area contributed by atoms with E-state index < -0.39 is 0 Å². The molecule has 2 atom stereocenters. The Morgan fingerprint density at radius 1 is 1.17 bits per heavy atom. The van der Waals surface area contributed by atoms with Crippen LogP contribution in [0.5, 0.6) is 5.75 Å². The van der Waals surface area contributed by atoms with E-state index in [0.717, 1.165) is 30.8 Å². The number of hydrogen-bond acceptors (Lipinski definition) is 4. The van der Waals surface area contributed by atoms with Gasteiger partial charge in [0.05, 0.1) is 4.92 Å². The summed E-state index contributed by atoms with van der Waals surface area (Å²) in [4.78, 5) is 12.9. The molecule has 0 amide bonds. The molecule has 1 heterocycles. The maximum absolute atomic E-state index is 11.0. The molecular weight excluding hydrogens is 292 g/mol. The van der Waals surface area contributed by atoms with Gasteiger partial charge in [0.15, 0.2) is 0 Å². The van der Waals surface area contributed by atoms with Crippen molar-refractivity contribution in [2.75, 3.05) is 20.1 Å². The van der Waals surface area contributed by atoms with Crippen LogP contribution in [-0.4, -0.2) is 36.1 Å². The minimum Gasteiger partial charge on any atom is -0.490 e. The van der Waals surface area contributed by atoms with Gasteiger partial charge in [-0.1, -0.05) is 30.3 Å². The van der Waals surface area contributed by atoms with Crippen LogP contribution < -0.4 is 4.74 Å². The summed E-state index contributed by atoms with van der Waals surface area (Å²) in [7, 11) is 2.07. The molecule has 5 heteroatoms. The molecule has 0 unspecified atom stereocenters. The van der Waals surface area contributed by atoms with Crippen LogP contribution in [0.1, 0.15) is 17.9 Å². The van der Waals surface area contributed by atoms with Crippen molar-refractivity contribution in [1.29, 1.82) is 0 Å². The van der Waals surface area contributed by atoms with E-state index in [-0.39, 0.29) is 22.6 Å². The van der Waals surface area contributed by atoms with Gasteiger partial charge in [-0.2, -0.15) is 0 Å². The van der Waals surface area contributed by atoms with Gasteiger partial charge in [0.2, 0.25) is 0 Å². The normalized spacial score (nSPS) is 21.8. The van der Waals surface area contributed by atoms with E-state index in [0.29, 0.717) is 0 Å². The molecule has 0 bridgehead atoms. The van der Waals surface area contributed by atoms with Crippen LogP contribution in [-0.2, 0) is 0 Å². The summed E-state index contributed by atoms with van der Waals surface area (Å²) in [5, 5.41) is 11.0. The zero-order valence-electron chi connectivity index (χ0n) is 13.1. The molecule has 1 aliphatic rings. The molecule has 0 N–H and O–H groups in total. The zero-order chi connectivity index (χ0) is 16.2. The molecular formula is C18H20N2O3. The highest BCUT2D eigenvalue weighted by Crippen LogP contribution is 2.31. The van der Waals surface area contributed by atoms with Gasteiger partial charge in [-0.3, -0.25) is 10.1 Å². The van der Waals surface area contributed by atoms with Crippen LogP contribution in [0.4, 0.5) is 5.69 Å². The van der Waals surface area contributed by atoms with Crippen LogP contribution in [0.3, 0.4) is 0 Å². The number of nitrogens with zero attached hydrogens (tertiary/aromatic N) is 2. The molecule has 1 aliphatic heterocycles. The number of nitro groups is 1. The van der Waals surface area contributed by atoms with Gasteiger partial charge in [0.1, 0.15) is 11.9 Å². The van der Waals surface area contributed by atoms with Crippen molar-refractivity contribution in [2.24, 2.45) is 0 Å². The molecule has 23 heavy (non-hydrogen) atoms. The fourth-order valence-corrected chi connectivity index (χ4v) is 3.10. The summed E-state index contributed by atoms with van der Waals surface area (Å²) >= 11 is 0. The van der Waals surface area contributed by atoms with Gasteiger partial charge < -0.3 is 9.64 Å². The molecule has 0 spiro atoms. The second-order valence-corrected chi connectivity index (χ2v) is 5.98. The molecule has 0 radical (unpaired) electrons. The average molecular weight is 312 g/mol. The van der Waals surface area contributed by atoms with Crippen LogP contribution in [0.15, 0.2) is 54.6 Å².